The first kappa shape index (κ1) is 18.9. The lowest BCUT2D eigenvalue weighted by atomic mass is 9.92. The van der Waals surface area contributed by atoms with Crippen molar-refractivity contribution in [3.8, 4) is 17.1 Å². The number of rotatable bonds is 5. The van der Waals surface area contributed by atoms with Gasteiger partial charge in [0.2, 0.25) is 11.7 Å². The molecule has 3 amide bonds. The molecule has 0 saturated carbocycles. The molecule has 0 spiro atoms. The summed E-state index contributed by atoms with van der Waals surface area (Å²) in [5.41, 5.74) is 0.130. The third-order valence-electron chi connectivity index (χ3n) is 4.79. The highest BCUT2D eigenvalue weighted by atomic mass is 35.5. The molecule has 1 saturated heterocycles. The summed E-state index contributed by atoms with van der Waals surface area (Å²) >= 11 is 5.92. The van der Waals surface area contributed by atoms with Crippen LogP contribution in [-0.4, -0.2) is 34.1 Å². The van der Waals surface area contributed by atoms with Crippen LogP contribution in [0.1, 0.15) is 18.4 Å². The molecule has 8 nitrogen and oxygen atoms in total. The first-order valence-electron chi connectivity index (χ1n) is 8.78. The second-order valence-corrected chi connectivity index (χ2v) is 7.13. The van der Waals surface area contributed by atoms with Crippen LogP contribution in [0.15, 0.2) is 53.1 Å². The molecule has 1 aliphatic rings. The molecule has 4 rings (SSSR count). The van der Waals surface area contributed by atoms with Gasteiger partial charge in [0.05, 0.1) is 7.11 Å². The second kappa shape index (κ2) is 7.21. The molecule has 1 atom stereocenters. The molecule has 1 aliphatic heterocycles. The average molecular weight is 413 g/mol. The maximum atomic E-state index is 13.0. The quantitative estimate of drug-likeness (QED) is 0.645. The molecule has 2 aromatic carbocycles. The Labute approximate surface area is 171 Å². The number of amides is 3. The first-order chi connectivity index (χ1) is 13.9. The topological polar surface area (TPSA) is 97.6 Å². The summed E-state index contributed by atoms with van der Waals surface area (Å²) in [5, 5.41) is 7.20. The van der Waals surface area contributed by atoms with Crippen LogP contribution in [-0.2, 0) is 16.9 Å². The number of halogens is 1. The Bertz CT molecular complexity index is 1080. The molecule has 1 fully saturated rings. The van der Waals surface area contributed by atoms with Crippen LogP contribution in [0.3, 0.4) is 0 Å². The van der Waals surface area contributed by atoms with E-state index in [0.717, 1.165) is 4.90 Å². The van der Waals surface area contributed by atoms with Gasteiger partial charge in [-0.1, -0.05) is 41.0 Å². The summed E-state index contributed by atoms with van der Waals surface area (Å²) in [6.45, 7) is 1.51. The van der Waals surface area contributed by atoms with Crippen molar-refractivity contribution in [1.82, 2.24) is 20.4 Å². The number of ether oxygens (including phenoxy) is 1. The minimum absolute atomic E-state index is 0.134. The molecule has 1 aromatic heterocycles. The fraction of sp³-hybridized carbons (Fsp3) is 0.200. The van der Waals surface area contributed by atoms with E-state index < -0.39 is 17.5 Å². The standard InChI is InChI=1S/C20H17ClN4O4/c1-20(13-6-8-14(21)9-7-13)18(26)25(19(27)23-20)11-16-22-17(24-29-16)12-4-3-5-15(10-12)28-2/h3-10H,11H2,1-2H3,(H,23,27)/t20-/m1/s1. The molecule has 0 bridgehead atoms. The second-order valence-electron chi connectivity index (χ2n) is 6.70. The van der Waals surface area contributed by atoms with Crippen molar-refractivity contribution in [3.05, 3.63) is 65.0 Å². The van der Waals surface area contributed by atoms with Gasteiger partial charge in [-0.25, -0.2) is 4.79 Å². The normalized spacial score (nSPS) is 18.8. The van der Waals surface area contributed by atoms with Crippen LogP contribution < -0.4 is 10.1 Å². The van der Waals surface area contributed by atoms with Crippen molar-refractivity contribution in [3.63, 3.8) is 0 Å². The van der Waals surface area contributed by atoms with E-state index >= 15 is 0 Å². The molecule has 0 radical (unpaired) electrons. The number of hydrogen-bond acceptors (Lipinski definition) is 6. The lowest BCUT2D eigenvalue weighted by Crippen LogP contribution is -2.40. The average Bonchev–Trinajstić information content (AvgIpc) is 3.28. The molecular formula is C20H17ClN4O4. The van der Waals surface area contributed by atoms with E-state index in [2.05, 4.69) is 15.5 Å². The third kappa shape index (κ3) is 3.42. The Morgan fingerprint density at radius 2 is 1.97 bits per heavy atom. The van der Waals surface area contributed by atoms with Gasteiger partial charge in [0, 0.05) is 10.6 Å². The van der Waals surface area contributed by atoms with Gasteiger partial charge in [-0.15, -0.1) is 0 Å². The van der Waals surface area contributed by atoms with E-state index in [1.165, 1.54) is 0 Å². The molecule has 3 aromatic rings. The summed E-state index contributed by atoms with van der Waals surface area (Å²) in [4.78, 5) is 30.8. The van der Waals surface area contributed by atoms with Crippen molar-refractivity contribution >= 4 is 23.5 Å². The predicted molar refractivity (Wildman–Crippen MR) is 104 cm³/mol. The van der Waals surface area contributed by atoms with Crippen molar-refractivity contribution in [2.45, 2.75) is 19.0 Å². The summed E-state index contributed by atoms with van der Waals surface area (Å²) in [5.74, 6) is 0.728. The number of nitrogens with zero attached hydrogens (tertiary/aromatic N) is 3. The van der Waals surface area contributed by atoms with Gasteiger partial charge < -0.3 is 14.6 Å². The van der Waals surface area contributed by atoms with E-state index in [1.54, 1.807) is 56.5 Å². The summed E-state index contributed by atoms with van der Waals surface area (Å²) in [7, 11) is 1.57. The Hall–Kier alpha value is -3.39. The van der Waals surface area contributed by atoms with E-state index in [-0.39, 0.29) is 12.4 Å². The lowest BCUT2D eigenvalue weighted by molar-refractivity contribution is -0.131. The van der Waals surface area contributed by atoms with Crippen LogP contribution in [0.4, 0.5) is 4.79 Å². The number of urea groups is 1. The zero-order valence-corrected chi connectivity index (χ0v) is 16.4. The number of benzene rings is 2. The van der Waals surface area contributed by atoms with E-state index in [0.29, 0.717) is 27.7 Å². The Morgan fingerprint density at radius 3 is 2.69 bits per heavy atom. The predicted octanol–water partition coefficient (Wildman–Crippen LogP) is 3.37. The highest BCUT2D eigenvalue weighted by Gasteiger charge is 2.49. The molecular weight excluding hydrogens is 396 g/mol. The van der Waals surface area contributed by atoms with Gasteiger partial charge in [0.15, 0.2) is 0 Å². The maximum Gasteiger partial charge on any atom is 0.325 e. The Morgan fingerprint density at radius 1 is 1.21 bits per heavy atom. The lowest BCUT2D eigenvalue weighted by Gasteiger charge is -2.22. The zero-order valence-electron chi connectivity index (χ0n) is 15.7. The smallest absolute Gasteiger partial charge is 0.325 e. The Balaban J connectivity index is 1.55. The van der Waals surface area contributed by atoms with Crippen LogP contribution in [0, 0.1) is 0 Å². The minimum Gasteiger partial charge on any atom is -0.497 e. The fourth-order valence-corrected chi connectivity index (χ4v) is 3.28. The molecule has 9 heteroatoms. The number of imide groups is 1. The summed E-state index contributed by atoms with van der Waals surface area (Å²) < 4.78 is 10.4. The zero-order chi connectivity index (χ0) is 20.6. The van der Waals surface area contributed by atoms with Gasteiger partial charge in [-0.3, -0.25) is 9.69 Å². The fourth-order valence-electron chi connectivity index (χ4n) is 3.15. The van der Waals surface area contributed by atoms with Gasteiger partial charge in [-0.05, 0) is 36.8 Å². The monoisotopic (exact) mass is 412 g/mol. The van der Waals surface area contributed by atoms with Gasteiger partial charge in [-0.2, -0.15) is 4.98 Å². The number of methoxy groups -OCH3 is 1. The largest absolute Gasteiger partial charge is 0.497 e. The summed E-state index contributed by atoms with van der Waals surface area (Å²) in [6, 6.07) is 13.4. The van der Waals surface area contributed by atoms with Gasteiger partial charge in [0.1, 0.15) is 17.8 Å². The van der Waals surface area contributed by atoms with Gasteiger partial charge >= 0.3 is 6.03 Å². The van der Waals surface area contributed by atoms with Crippen LogP contribution >= 0.6 is 11.6 Å². The highest BCUT2D eigenvalue weighted by molar-refractivity contribution is 6.30. The molecule has 0 aliphatic carbocycles. The molecule has 29 heavy (non-hydrogen) atoms. The van der Waals surface area contributed by atoms with Crippen LogP contribution in [0.25, 0.3) is 11.4 Å². The molecule has 1 N–H and O–H groups in total. The minimum atomic E-state index is -1.20. The van der Waals surface area contributed by atoms with E-state index in [4.69, 9.17) is 20.9 Å². The van der Waals surface area contributed by atoms with Crippen LogP contribution in [0.2, 0.25) is 5.02 Å². The summed E-state index contributed by atoms with van der Waals surface area (Å²) in [6.07, 6.45) is 0. The number of hydrogen-bond donors (Lipinski definition) is 1. The third-order valence-corrected chi connectivity index (χ3v) is 5.04. The van der Waals surface area contributed by atoms with Crippen molar-refractivity contribution in [2.24, 2.45) is 0 Å². The molecule has 0 unspecified atom stereocenters. The van der Waals surface area contributed by atoms with Crippen molar-refractivity contribution < 1.29 is 18.8 Å². The maximum absolute atomic E-state index is 13.0. The number of nitrogens with one attached hydrogen (secondary N) is 1. The van der Waals surface area contributed by atoms with Crippen molar-refractivity contribution in [1.29, 1.82) is 0 Å². The first-order valence-corrected chi connectivity index (χ1v) is 9.15. The van der Waals surface area contributed by atoms with E-state index in [1.807, 2.05) is 6.07 Å². The van der Waals surface area contributed by atoms with Gasteiger partial charge in [0.25, 0.3) is 5.91 Å². The Kier molecular flexibility index (Phi) is 4.71. The number of carbonyl (C=O) groups excluding carboxylic acids is 2. The molecule has 2 heterocycles. The van der Waals surface area contributed by atoms with E-state index in [9.17, 15) is 9.59 Å². The molecule has 148 valence electrons. The van der Waals surface area contributed by atoms with Crippen LogP contribution in [0.5, 0.6) is 5.75 Å². The number of carbonyl (C=O) groups is 2. The SMILES string of the molecule is COc1cccc(-c2noc(CN3C(=O)N[C@](C)(c4ccc(Cl)cc4)C3=O)n2)c1. The highest BCUT2D eigenvalue weighted by Crippen LogP contribution is 2.30. The number of aromatic nitrogens is 2. The van der Waals surface area contributed by atoms with Crippen molar-refractivity contribution in [2.75, 3.05) is 7.11 Å².